The van der Waals surface area contributed by atoms with E-state index in [0.29, 0.717) is 12.0 Å². The maximum Gasteiger partial charge on any atom is 0.00868 e. The van der Waals surface area contributed by atoms with Gasteiger partial charge in [0.05, 0.1) is 0 Å². The van der Waals surface area contributed by atoms with Gasteiger partial charge in [0.25, 0.3) is 0 Å². The van der Waals surface area contributed by atoms with Gasteiger partial charge >= 0.3 is 0 Å². The Morgan fingerprint density at radius 3 is 2.14 bits per heavy atom. The molecule has 0 aromatic carbocycles. The van der Waals surface area contributed by atoms with E-state index in [0.717, 1.165) is 12.5 Å². The van der Waals surface area contributed by atoms with Crippen molar-refractivity contribution in [1.82, 2.24) is 4.90 Å². The van der Waals surface area contributed by atoms with Crippen molar-refractivity contribution in [2.75, 3.05) is 20.1 Å². The van der Waals surface area contributed by atoms with Crippen LogP contribution in [0.4, 0.5) is 0 Å². The standard InChI is InChI=1S/C12H28N2/c1-6-12(9-13)7-8-14(5)11(4)10(2)3/h10-12H,6-9,13H2,1-5H3. The molecule has 2 unspecified atom stereocenters. The minimum atomic E-state index is 0.672. The molecule has 0 aliphatic carbocycles. The van der Waals surface area contributed by atoms with Crippen LogP contribution < -0.4 is 5.73 Å². The molecule has 0 aromatic rings. The summed E-state index contributed by atoms with van der Waals surface area (Å²) in [5.41, 5.74) is 5.69. The predicted molar refractivity (Wildman–Crippen MR) is 64.4 cm³/mol. The van der Waals surface area contributed by atoms with E-state index >= 15 is 0 Å². The van der Waals surface area contributed by atoms with Crippen molar-refractivity contribution in [3.63, 3.8) is 0 Å². The third kappa shape index (κ3) is 4.97. The molecule has 14 heavy (non-hydrogen) atoms. The Morgan fingerprint density at radius 1 is 1.21 bits per heavy atom. The van der Waals surface area contributed by atoms with Gasteiger partial charge in [-0.2, -0.15) is 0 Å². The predicted octanol–water partition coefficient (Wildman–Crippen LogP) is 2.34. The van der Waals surface area contributed by atoms with Crippen LogP contribution in [0.3, 0.4) is 0 Å². The first-order valence-electron chi connectivity index (χ1n) is 5.93. The lowest BCUT2D eigenvalue weighted by Crippen LogP contribution is -2.35. The van der Waals surface area contributed by atoms with Gasteiger partial charge in [-0.25, -0.2) is 0 Å². The fraction of sp³-hybridized carbons (Fsp3) is 1.00. The molecule has 0 aromatic heterocycles. The molecule has 0 spiro atoms. The van der Waals surface area contributed by atoms with Gasteiger partial charge in [0.1, 0.15) is 0 Å². The van der Waals surface area contributed by atoms with Crippen molar-refractivity contribution >= 4 is 0 Å². The Morgan fingerprint density at radius 2 is 1.79 bits per heavy atom. The van der Waals surface area contributed by atoms with Crippen molar-refractivity contribution < 1.29 is 0 Å². The summed E-state index contributed by atoms with van der Waals surface area (Å²) < 4.78 is 0. The minimum Gasteiger partial charge on any atom is -0.330 e. The zero-order valence-corrected chi connectivity index (χ0v) is 10.6. The highest BCUT2D eigenvalue weighted by molar-refractivity contribution is 4.68. The van der Waals surface area contributed by atoms with Crippen LogP contribution in [-0.4, -0.2) is 31.1 Å². The first-order valence-corrected chi connectivity index (χ1v) is 5.93. The molecule has 2 heteroatoms. The molecule has 0 heterocycles. The normalized spacial score (nSPS) is 16.3. The van der Waals surface area contributed by atoms with E-state index in [1.54, 1.807) is 0 Å². The summed E-state index contributed by atoms with van der Waals surface area (Å²) >= 11 is 0. The smallest absolute Gasteiger partial charge is 0.00868 e. The minimum absolute atomic E-state index is 0.672. The number of nitrogens with zero attached hydrogens (tertiary/aromatic N) is 1. The van der Waals surface area contributed by atoms with E-state index in [2.05, 4.69) is 39.6 Å². The maximum atomic E-state index is 5.69. The van der Waals surface area contributed by atoms with Gasteiger partial charge in [0.15, 0.2) is 0 Å². The highest BCUT2D eigenvalue weighted by atomic mass is 15.1. The van der Waals surface area contributed by atoms with E-state index in [1.165, 1.54) is 19.4 Å². The number of nitrogens with two attached hydrogens (primary N) is 1. The summed E-state index contributed by atoms with van der Waals surface area (Å²) in [5, 5.41) is 0. The van der Waals surface area contributed by atoms with Crippen LogP contribution in [0.2, 0.25) is 0 Å². The van der Waals surface area contributed by atoms with Crippen molar-refractivity contribution in [2.24, 2.45) is 17.6 Å². The summed E-state index contributed by atoms with van der Waals surface area (Å²) in [5.74, 6) is 1.44. The van der Waals surface area contributed by atoms with Crippen molar-refractivity contribution in [3.05, 3.63) is 0 Å². The van der Waals surface area contributed by atoms with Crippen LogP contribution in [0.25, 0.3) is 0 Å². The molecular formula is C12H28N2. The molecule has 0 bridgehead atoms. The molecular weight excluding hydrogens is 172 g/mol. The molecule has 86 valence electrons. The lowest BCUT2D eigenvalue weighted by Gasteiger charge is -2.29. The van der Waals surface area contributed by atoms with Gasteiger partial charge in [-0.05, 0) is 45.3 Å². The molecule has 0 saturated heterocycles. The summed E-state index contributed by atoms with van der Waals surface area (Å²) in [4.78, 5) is 2.45. The number of hydrogen-bond donors (Lipinski definition) is 1. The summed E-state index contributed by atoms with van der Waals surface area (Å²) in [6.07, 6.45) is 2.45. The van der Waals surface area contributed by atoms with Crippen LogP contribution >= 0.6 is 0 Å². The van der Waals surface area contributed by atoms with Gasteiger partial charge in [0, 0.05) is 6.04 Å². The molecule has 0 aliphatic heterocycles. The Kier molecular flexibility index (Phi) is 7.20. The number of rotatable bonds is 7. The fourth-order valence-electron chi connectivity index (χ4n) is 1.59. The highest BCUT2D eigenvalue weighted by Gasteiger charge is 2.13. The summed E-state index contributed by atoms with van der Waals surface area (Å²) in [7, 11) is 2.22. The van der Waals surface area contributed by atoms with Crippen LogP contribution in [0, 0.1) is 11.8 Å². The molecule has 0 rings (SSSR count). The molecule has 0 fully saturated rings. The van der Waals surface area contributed by atoms with Crippen LogP contribution in [-0.2, 0) is 0 Å². The molecule has 2 atom stereocenters. The van der Waals surface area contributed by atoms with Crippen molar-refractivity contribution in [1.29, 1.82) is 0 Å². The maximum absolute atomic E-state index is 5.69. The van der Waals surface area contributed by atoms with Crippen molar-refractivity contribution in [2.45, 2.75) is 46.6 Å². The average molecular weight is 200 g/mol. The summed E-state index contributed by atoms with van der Waals surface area (Å²) in [6, 6.07) is 0.672. The van der Waals surface area contributed by atoms with Gasteiger partial charge in [-0.1, -0.05) is 27.2 Å². The molecule has 2 N–H and O–H groups in total. The van der Waals surface area contributed by atoms with Gasteiger partial charge in [0.2, 0.25) is 0 Å². The fourth-order valence-corrected chi connectivity index (χ4v) is 1.59. The van der Waals surface area contributed by atoms with Crippen LogP contribution in [0.15, 0.2) is 0 Å². The zero-order chi connectivity index (χ0) is 11.1. The van der Waals surface area contributed by atoms with E-state index < -0.39 is 0 Å². The highest BCUT2D eigenvalue weighted by Crippen LogP contribution is 2.12. The van der Waals surface area contributed by atoms with Crippen molar-refractivity contribution in [3.8, 4) is 0 Å². The second kappa shape index (κ2) is 7.24. The second-order valence-corrected chi connectivity index (χ2v) is 4.76. The van der Waals surface area contributed by atoms with Crippen LogP contribution in [0.1, 0.15) is 40.5 Å². The largest absolute Gasteiger partial charge is 0.330 e. The Labute approximate surface area is 89.9 Å². The summed E-state index contributed by atoms with van der Waals surface area (Å²) in [6.45, 7) is 11.1. The zero-order valence-electron chi connectivity index (χ0n) is 10.6. The molecule has 0 aliphatic rings. The topological polar surface area (TPSA) is 29.3 Å². The van der Waals surface area contributed by atoms with E-state index in [1.807, 2.05) is 0 Å². The first-order chi connectivity index (χ1) is 6.52. The van der Waals surface area contributed by atoms with E-state index in [9.17, 15) is 0 Å². The second-order valence-electron chi connectivity index (χ2n) is 4.76. The van der Waals surface area contributed by atoms with Gasteiger partial charge in [-0.15, -0.1) is 0 Å². The Balaban J connectivity index is 3.77. The Bertz CT molecular complexity index is 130. The van der Waals surface area contributed by atoms with E-state index in [4.69, 9.17) is 5.73 Å². The molecule has 0 saturated carbocycles. The SMILES string of the molecule is CCC(CN)CCN(C)C(C)C(C)C. The molecule has 2 nitrogen and oxygen atoms in total. The van der Waals surface area contributed by atoms with Gasteiger partial charge < -0.3 is 10.6 Å². The van der Waals surface area contributed by atoms with Gasteiger partial charge in [-0.3, -0.25) is 0 Å². The monoisotopic (exact) mass is 200 g/mol. The third-order valence-corrected chi connectivity index (χ3v) is 3.46. The third-order valence-electron chi connectivity index (χ3n) is 3.46. The average Bonchev–Trinajstić information content (AvgIpc) is 2.17. The Hall–Kier alpha value is -0.0800. The van der Waals surface area contributed by atoms with Crippen LogP contribution in [0.5, 0.6) is 0 Å². The number of hydrogen-bond acceptors (Lipinski definition) is 2. The first kappa shape index (κ1) is 13.9. The molecule has 0 radical (unpaired) electrons. The van der Waals surface area contributed by atoms with E-state index in [-0.39, 0.29) is 0 Å². The molecule has 0 amide bonds. The lowest BCUT2D eigenvalue weighted by molar-refractivity contribution is 0.194. The lowest BCUT2D eigenvalue weighted by atomic mass is 10.0. The quantitative estimate of drug-likeness (QED) is 0.683.